The Kier molecular flexibility index (Phi) is 2.57. The molecule has 0 spiro atoms. The Morgan fingerprint density at radius 2 is 1.56 bits per heavy atom. The van der Waals surface area contributed by atoms with E-state index >= 15 is 0 Å². The minimum atomic E-state index is 0.265. The molecule has 0 aliphatic rings. The van der Waals surface area contributed by atoms with Crippen LogP contribution in [0.4, 0.5) is 0 Å². The molecule has 0 unspecified atom stereocenters. The van der Waals surface area contributed by atoms with Crippen LogP contribution >= 0.6 is 0 Å². The minimum absolute atomic E-state index is 0.265. The van der Waals surface area contributed by atoms with Gasteiger partial charge in [0.2, 0.25) is 0 Å². The predicted molar refractivity (Wildman–Crippen MR) is 64.7 cm³/mol. The van der Waals surface area contributed by atoms with Crippen molar-refractivity contribution >= 4 is 0 Å². The number of aryl methyl sites for hydroxylation is 2. The van der Waals surface area contributed by atoms with Crippen LogP contribution < -0.4 is 0 Å². The van der Waals surface area contributed by atoms with E-state index < -0.39 is 0 Å². The van der Waals surface area contributed by atoms with E-state index in [0.29, 0.717) is 5.75 Å². The number of benzene rings is 2. The summed E-state index contributed by atoms with van der Waals surface area (Å²) in [7, 11) is 0. The van der Waals surface area contributed by atoms with Crippen LogP contribution in [0.5, 0.6) is 11.5 Å². The smallest absolute Gasteiger partial charge is 0.118 e. The number of aromatic hydroxyl groups is 2. The first-order valence-corrected chi connectivity index (χ1v) is 5.17. The summed E-state index contributed by atoms with van der Waals surface area (Å²) >= 11 is 0. The molecule has 0 radical (unpaired) electrons. The van der Waals surface area contributed by atoms with Crippen molar-refractivity contribution in [3.05, 3.63) is 47.5 Å². The summed E-state index contributed by atoms with van der Waals surface area (Å²) in [6, 6.07) is 10.9. The van der Waals surface area contributed by atoms with Crippen molar-refractivity contribution < 1.29 is 10.2 Å². The standard InChI is InChI=1S/C14H14O2/c1-9-5-12(8-13(15)6-9)11-3-4-14(16)10(2)7-11/h3-8,15-16H,1-2H3. The van der Waals surface area contributed by atoms with Gasteiger partial charge in [-0.05, 0) is 60.4 Å². The number of phenols is 2. The van der Waals surface area contributed by atoms with Gasteiger partial charge in [0.25, 0.3) is 0 Å². The van der Waals surface area contributed by atoms with Crippen molar-refractivity contribution in [2.45, 2.75) is 13.8 Å². The van der Waals surface area contributed by atoms with Crippen LogP contribution in [0.3, 0.4) is 0 Å². The van der Waals surface area contributed by atoms with E-state index in [1.165, 1.54) is 0 Å². The van der Waals surface area contributed by atoms with Gasteiger partial charge in [0.15, 0.2) is 0 Å². The molecule has 0 aliphatic heterocycles. The molecule has 0 aliphatic carbocycles. The van der Waals surface area contributed by atoms with Crippen LogP contribution in [0.25, 0.3) is 11.1 Å². The molecule has 0 fully saturated rings. The van der Waals surface area contributed by atoms with Crippen LogP contribution in [0.1, 0.15) is 11.1 Å². The summed E-state index contributed by atoms with van der Waals surface area (Å²) in [5.74, 6) is 0.557. The maximum absolute atomic E-state index is 9.53. The quantitative estimate of drug-likeness (QED) is 0.764. The number of hydrogen-bond donors (Lipinski definition) is 2. The maximum atomic E-state index is 9.53. The Bertz CT molecular complexity index is 510. The highest BCUT2D eigenvalue weighted by molar-refractivity contribution is 5.67. The Morgan fingerprint density at radius 1 is 0.812 bits per heavy atom. The minimum Gasteiger partial charge on any atom is -0.508 e. The van der Waals surface area contributed by atoms with E-state index in [1.807, 2.05) is 32.0 Å². The molecule has 2 aromatic carbocycles. The first-order valence-electron chi connectivity index (χ1n) is 5.17. The van der Waals surface area contributed by atoms with Crippen molar-refractivity contribution in [2.75, 3.05) is 0 Å². The Hall–Kier alpha value is -1.96. The second kappa shape index (κ2) is 3.89. The Morgan fingerprint density at radius 3 is 2.19 bits per heavy atom. The molecule has 2 rings (SSSR count). The van der Waals surface area contributed by atoms with Crippen LogP contribution in [0.15, 0.2) is 36.4 Å². The summed E-state index contributed by atoms with van der Waals surface area (Å²) in [4.78, 5) is 0. The number of hydrogen-bond acceptors (Lipinski definition) is 2. The zero-order valence-corrected chi connectivity index (χ0v) is 9.36. The molecule has 2 N–H and O–H groups in total. The van der Waals surface area contributed by atoms with Crippen molar-refractivity contribution in [3.63, 3.8) is 0 Å². The van der Waals surface area contributed by atoms with Gasteiger partial charge in [-0.25, -0.2) is 0 Å². The van der Waals surface area contributed by atoms with Crippen molar-refractivity contribution in [3.8, 4) is 22.6 Å². The van der Waals surface area contributed by atoms with Crippen LogP contribution in [-0.4, -0.2) is 10.2 Å². The lowest BCUT2D eigenvalue weighted by Gasteiger charge is -2.06. The number of phenolic OH excluding ortho intramolecular Hbond substituents is 2. The fourth-order valence-electron chi connectivity index (χ4n) is 1.76. The van der Waals surface area contributed by atoms with E-state index in [1.54, 1.807) is 18.2 Å². The van der Waals surface area contributed by atoms with Crippen LogP contribution in [-0.2, 0) is 0 Å². The van der Waals surface area contributed by atoms with Crippen LogP contribution in [0, 0.1) is 13.8 Å². The highest BCUT2D eigenvalue weighted by Crippen LogP contribution is 2.28. The molecule has 2 aromatic rings. The molecular weight excluding hydrogens is 200 g/mol. The van der Waals surface area contributed by atoms with Gasteiger partial charge >= 0.3 is 0 Å². The molecule has 0 saturated heterocycles. The van der Waals surface area contributed by atoms with E-state index in [2.05, 4.69) is 0 Å². The molecule has 0 atom stereocenters. The normalized spacial score (nSPS) is 10.4. The fourth-order valence-corrected chi connectivity index (χ4v) is 1.76. The Labute approximate surface area is 94.8 Å². The van der Waals surface area contributed by atoms with Gasteiger partial charge in [0.05, 0.1) is 0 Å². The first kappa shape index (κ1) is 10.6. The first-order chi connectivity index (χ1) is 7.56. The van der Waals surface area contributed by atoms with E-state index in [4.69, 9.17) is 0 Å². The second-order valence-corrected chi connectivity index (χ2v) is 4.06. The van der Waals surface area contributed by atoms with Gasteiger partial charge in [0, 0.05) is 0 Å². The summed E-state index contributed by atoms with van der Waals surface area (Å²) in [6.07, 6.45) is 0. The molecule has 0 heterocycles. The highest BCUT2D eigenvalue weighted by atomic mass is 16.3. The second-order valence-electron chi connectivity index (χ2n) is 4.06. The van der Waals surface area contributed by atoms with E-state index in [-0.39, 0.29) is 5.75 Å². The third-order valence-corrected chi connectivity index (χ3v) is 2.59. The molecule has 0 bridgehead atoms. The van der Waals surface area contributed by atoms with Gasteiger partial charge in [-0.15, -0.1) is 0 Å². The molecule has 2 nitrogen and oxygen atoms in total. The zero-order valence-electron chi connectivity index (χ0n) is 9.36. The topological polar surface area (TPSA) is 40.5 Å². The summed E-state index contributed by atoms with van der Waals surface area (Å²) in [5, 5.41) is 19.0. The molecule has 16 heavy (non-hydrogen) atoms. The lowest BCUT2D eigenvalue weighted by molar-refractivity contribution is 0.471. The van der Waals surface area contributed by atoms with Gasteiger partial charge in [-0.2, -0.15) is 0 Å². The summed E-state index contributed by atoms with van der Waals surface area (Å²) in [5.41, 5.74) is 3.80. The summed E-state index contributed by atoms with van der Waals surface area (Å²) in [6.45, 7) is 3.80. The molecule has 2 heteroatoms. The molecule has 0 amide bonds. The van der Waals surface area contributed by atoms with Gasteiger partial charge in [0.1, 0.15) is 11.5 Å². The van der Waals surface area contributed by atoms with Gasteiger partial charge < -0.3 is 10.2 Å². The number of rotatable bonds is 1. The zero-order chi connectivity index (χ0) is 11.7. The lowest BCUT2D eigenvalue weighted by Crippen LogP contribution is -1.82. The Balaban J connectivity index is 2.54. The third-order valence-electron chi connectivity index (χ3n) is 2.59. The molecule has 82 valence electrons. The van der Waals surface area contributed by atoms with Gasteiger partial charge in [-0.3, -0.25) is 0 Å². The van der Waals surface area contributed by atoms with Crippen molar-refractivity contribution in [1.82, 2.24) is 0 Å². The van der Waals surface area contributed by atoms with E-state index in [0.717, 1.165) is 22.3 Å². The van der Waals surface area contributed by atoms with Crippen molar-refractivity contribution in [1.29, 1.82) is 0 Å². The van der Waals surface area contributed by atoms with Gasteiger partial charge in [-0.1, -0.05) is 12.1 Å². The summed E-state index contributed by atoms with van der Waals surface area (Å²) < 4.78 is 0. The average molecular weight is 214 g/mol. The molecular formula is C14H14O2. The van der Waals surface area contributed by atoms with Crippen molar-refractivity contribution in [2.24, 2.45) is 0 Å². The van der Waals surface area contributed by atoms with Crippen LogP contribution in [0.2, 0.25) is 0 Å². The highest BCUT2D eigenvalue weighted by Gasteiger charge is 2.03. The predicted octanol–water partition coefficient (Wildman–Crippen LogP) is 3.38. The third kappa shape index (κ3) is 2.01. The average Bonchev–Trinajstić information content (AvgIpc) is 2.20. The van der Waals surface area contributed by atoms with E-state index in [9.17, 15) is 10.2 Å². The fraction of sp³-hybridized carbons (Fsp3) is 0.143. The SMILES string of the molecule is Cc1cc(O)cc(-c2ccc(O)c(C)c2)c1. The lowest BCUT2D eigenvalue weighted by atomic mass is 10.0. The largest absolute Gasteiger partial charge is 0.508 e. The molecule has 0 aromatic heterocycles. The maximum Gasteiger partial charge on any atom is 0.118 e. The monoisotopic (exact) mass is 214 g/mol. The molecule has 0 saturated carbocycles.